The third kappa shape index (κ3) is 4.49. The van der Waals surface area contributed by atoms with Gasteiger partial charge in [-0.3, -0.25) is 4.31 Å². The standard InChI is InChI=1S/C14H15ClFN7O4S/c15-10-5-9(1-2-11(10)16)19-14(20-24)12-13(22-27-21-12)18-6-8-3-4-23(7-8)28(17,25)26/h1-2,5,7,24H,3-4,6H2,(H,18,22)(H,19,20)(H2,17,25,26). The van der Waals surface area contributed by atoms with E-state index in [9.17, 15) is 18.0 Å². The lowest BCUT2D eigenvalue weighted by atomic mass is 10.2. The molecule has 0 atom stereocenters. The summed E-state index contributed by atoms with van der Waals surface area (Å²) in [6.07, 6.45) is 1.91. The van der Waals surface area contributed by atoms with Gasteiger partial charge in [0.2, 0.25) is 11.7 Å². The largest absolute Gasteiger partial charge is 0.409 e. The lowest BCUT2D eigenvalue weighted by molar-refractivity contribution is 0.305. The Labute approximate surface area is 163 Å². The Balaban J connectivity index is 1.71. The van der Waals surface area contributed by atoms with Gasteiger partial charge in [0.05, 0.1) is 5.02 Å². The topological polar surface area (TPSA) is 159 Å². The number of anilines is 2. The molecule has 0 saturated carbocycles. The minimum Gasteiger partial charge on any atom is -0.409 e. The van der Waals surface area contributed by atoms with E-state index in [1.54, 1.807) is 0 Å². The van der Waals surface area contributed by atoms with Gasteiger partial charge in [0.25, 0.3) is 10.2 Å². The number of rotatable bonds is 6. The Hall–Kier alpha value is -2.90. The summed E-state index contributed by atoms with van der Waals surface area (Å²) in [6.45, 7) is 0.477. The van der Waals surface area contributed by atoms with Crippen molar-refractivity contribution in [2.45, 2.75) is 6.42 Å². The Kier molecular flexibility index (Phi) is 5.67. The Morgan fingerprint density at radius 3 is 2.89 bits per heavy atom. The molecule has 0 aliphatic carbocycles. The highest BCUT2D eigenvalue weighted by Gasteiger charge is 2.22. The van der Waals surface area contributed by atoms with Gasteiger partial charge >= 0.3 is 0 Å². The van der Waals surface area contributed by atoms with Crippen molar-refractivity contribution in [1.82, 2.24) is 14.6 Å². The molecule has 0 bridgehead atoms. The highest BCUT2D eigenvalue weighted by molar-refractivity contribution is 7.86. The van der Waals surface area contributed by atoms with Crippen LogP contribution in [0.1, 0.15) is 12.1 Å². The van der Waals surface area contributed by atoms with E-state index in [1.807, 2.05) is 0 Å². The van der Waals surface area contributed by atoms with E-state index in [2.05, 4.69) is 30.7 Å². The molecule has 2 aromatic rings. The molecule has 0 fully saturated rings. The van der Waals surface area contributed by atoms with Crippen LogP contribution in [0, 0.1) is 5.82 Å². The van der Waals surface area contributed by atoms with Gasteiger partial charge in [-0.05, 0) is 40.5 Å². The number of nitrogens with one attached hydrogen (secondary N) is 2. The average Bonchev–Trinajstić information content (AvgIpc) is 3.29. The summed E-state index contributed by atoms with van der Waals surface area (Å²) in [5.74, 6) is -0.583. The van der Waals surface area contributed by atoms with Crippen molar-refractivity contribution < 1.29 is 22.6 Å². The summed E-state index contributed by atoms with van der Waals surface area (Å²) >= 11 is 5.72. The predicted octanol–water partition coefficient (Wildman–Crippen LogP) is 1.32. The van der Waals surface area contributed by atoms with E-state index < -0.39 is 16.0 Å². The zero-order valence-electron chi connectivity index (χ0n) is 14.1. The van der Waals surface area contributed by atoms with Crippen LogP contribution in [0.3, 0.4) is 0 Å². The number of nitrogens with two attached hydrogens (primary N) is 1. The van der Waals surface area contributed by atoms with E-state index in [-0.39, 0.29) is 35.5 Å². The fourth-order valence-corrected chi connectivity index (χ4v) is 3.24. The quantitative estimate of drug-likeness (QED) is 0.230. The van der Waals surface area contributed by atoms with Gasteiger partial charge < -0.3 is 15.8 Å². The molecular weight excluding hydrogens is 417 g/mol. The third-order valence-electron chi connectivity index (χ3n) is 3.78. The van der Waals surface area contributed by atoms with Crippen LogP contribution in [-0.2, 0) is 10.2 Å². The van der Waals surface area contributed by atoms with Crippen LogP contribution < -0.4 is 15.8 Å². The molecule has 0 saturated heterocycles. The van der Waals surface area contributed by atoms with Crippen molar-refractivity contribution in [2.24, 2.45) is 10.3 Å². The molecule has 2 heterocycles. The number of amidine groups is 1. The van der Waals surface area contributed by atoms with Crippen LogP contribution in [0.15, 0.2) is 39.8 Å². The molecule has 1 aromatic carbocycles. The van der Waals surface area contributed by atoms with Crippen molar-refractivity contribution in [3.63, 3.8) is 0 Å². The second-order valence-electron chi connectivity index (χ2n) is 5.71. The van der Waals surface area contributed by atoms with Gasteiger partial charge in [0.1, 0.15) is 5.82 Å². The zero-order chi connectivity index (χ0) is 20.3. The lowest BCUT2D eigenvalue weighted by Crippen LogP contribution is -2.30. The maximum Gasteiger partial charge on any atom is 0.298 e. The molecule has 1 aliphatic rings. The van der Waals surface area contributed by atoms with Gasteiger partial charge in [0.15, 0.2) is 5.69 Å². The molecule has 0 unspecified atom stereocenters. The fourth-order valence-electron chi connectivity index (χ4n) is 2.42. The molecule has 0 amide bonds. The van der Waals surface area contributed by atoms with Gasteiger partial charge in [-0.2, -0.15) is 8.42 Å². The molecule has 1 aliphatic heterocycles. The first-order valence-electron chi connectivity index (χ1n) is 7.78. The molecular formula is C14H15ClFN7O4S. The highest BCUT2D eigenvalue weighted by Crippen LogP contribution is 2.22. The minimum atomic E-state index is -3.79. The Bertz CT molecular complexity index is 1040. The number of benzene rings is 1. The van der Waals surface area contributed by atoms with Crippen LogP contribution in [-0.4, -0.2) is 47.2 Å². The smallest absolute Gasteiger partial charge is 0.298 e. The number of hydrogen-bond donors (Lipinski definition) is 4. The van der Waals surface area contributed by atoms with Crippen molar-refractivity contribution in [3.05, 3.63) is 46.5 Å². The second kappa shape index (κ2) is 8.00. The summed E-state index contributed by atoms with van der Waals surface area (Å²) in [7, 11) is -3.79. The second-order valence-corrected chi connectivity index (χ2v) is 7.62. The number of aromatic nitrogens is 2. The van der Waals surface area contributed by atoms with Crippen molar-refractivity contribution in [3.8, 4) is 0 Å². The van der Waals surface area contributed by atoms with Crippen molar-refractivity contribution in [2.75, 3.05) is 23.7 Å². The molecule has 150 valence electrons. The number of nitrogens with zero attached hydrogens (tertiary/aromatic N) is 4. The number of halogens is 2. The van der Waals surface area contributed by atoms with E-state index in [1.165, 1.54) is 18.3 Å². The van der Waals surface area contributed by atoms with E-state index in [0.29, 0.717) is 12.1 Å². The molecule has 28 heavy (non-hydrogen) atoms. The predicted molar refractivity (Wildman–Crippen MR) is 98.7 cm³/mol. The summed E-state index contributed by atoms with van der Waals surface area (Å²) < 4.78 is 41.6. The summed E-state index contributed by atoms with van der Waals surface area (Å²) in [5, 5.41) is 30.4. The molecule has 14 heteroatoms. The zero-order valence-corrected chi connectivity index (χ0v) is 15.7. The minimum absolute atomic E-state index is 0.0462. The van der Waals surface area contributed by atoms with E-state index in [0.717, 1.165) is 15.9 Å². The summed E-state index contributed by atoms with van der Waals surface area (Å²) in [6, 6.07) is 3.83. The maximum absolute atomic E-state index is 13.3. The molecule has 3 rings (SSSR count). The number of hydrogen-bond acceptors (Lipinski definition) is 8. The van der Waals surface area contributed by atoms with Gasteiger partial charge in [0, 0.05) is 25.0 Å². The SMILES string of the molecule is NS(=O)(=O)N1C=C(CNc2nonc2/C(=N/O)Nc2ccc(F)c(Cl)c2)CC1. The van der Waals surface area contributed by atoms with Crippen LogP contribution in [0.2, 0.25) is 5.02 Å². The van der Waals surface area contributed by atoms with Gasteiger partial charge in [-0.1, -0.05) is 16.8 Å². The monoisotopic (exact) mass is 431 g/mol. The third-order valence-corrected chi connectivity index (χ3v) is 5.02. The first-order chi connectivity index (χ1) is 13.3. The fraction of sp³-hybridized carbons (Fsp3) is 0.214. The molecule has 11 nitrogen and oxygen atoms in total. The van der Waals surface area contributed by atoms with Gasteiger partial charge in [-0.25, -0.2) is 14.2 Å². The first-order valence-corrected chi connectivity index (χ1v) is 9.66. The maximum atomic E-state index is 13.3. The molecule has 5 N–H and O–H groups in total. The molecule has 1 aromatic heterocycles. The van der Waals surface area contributed by atoms with E-state index >= 15 is 0 Å². The van der Waals surface area contributed by atoms with Crippen molar-refractivity contribution >= 4 is 39.2 Å². The van der Waals surface area contributed by atoms with Crippen LogP contribution >= 0.6 is 11.6 Å². The van der Waals surface area contributed by atoms with E-state index in [4.69, 9.17) is 16.7 Å². The molecule has 0 spiro atoms. The van der Waals surface area contributed by atoms with Crippen molar-refractivity contribution in [1.29, 1.82) is 0 Å². The normalized spacial score (nSPS) is 14.9. The molecule has 0 radical (unpaired) electrons. The van der Waals surface area contributed by atoms with Crippen LogP contribution in [0.4, 0.5) is 15.9 Å². The Morgan fingerprint density at radius 2 is 2.25 bits per heavy atom. The average molecular weight is 432 g/mol. The van der Waals surface area contributed by atoms with Crippen LogP contribution in [0.5, 0.6) is 0 Å². The summed E-state index contributed by atoms with van der Waals surface area (Å²) in [5.41, 5.74) is 1.14. The van der Waals surface area contributed by atoms with Gasteiger partial charge in [-0.15, -0.1) is 0 Å². The first kappa shape index (κ1) is 19.9. The highest BCUT2D eigenvalue weighted by atomic mass is 35.5. The Morgan fingerprint density at radius 1 is 1.46 bits per heavy atom. The summed E-state index contributed by atoms with van der Waals surface area (Å²) in [4.78, 5) is 0. The lowest BCUT2D eigenvalue weighted by Gasteiger charge is -2.10. The van der Waals surface area contributed by atoms with Crippen LogP contribution in [0.25, 0.3) is 0 Å². The number of oxime groups is 1.